The fourth-order valence-electron chi connectivity index (χ4n) is 2.04. The average molecular weight is 352 g/mol. The van der Waals surface area contributed by atoms with E-state index in [4.69, 9.17) is 0 Å². The van der Waals surface area contributed by atoms with Crippen LogP contribution in [-0.2, 0) is 14.6 Å². The van der Waals surface area contributed by atoms with Gasteiger partial charge in [0, 0.05) is 23.6 Å². The Labute approximate surface area is 140 Å². The second-order valence-electron chi connectivity index (χ2n) is 5.62. The van der Waals surface area contributed by atoms with Gasteiger partial charge in [0.15, 0.2) is 5.13 Å². The second kappa shape index (κ2) is 7.23. The molecule has 0 spiro atoms. The Morgan fingerprint density at radius 1 is 1.26 bits per heavy atom. The molecule has 1 amide bonds. The number of aromatic nitrogens is 1. The first-order valence-electron chi connectivity index (χ1n) is 7.25. The molecule has 0 radical (unpaired) electrons. The highest BCUT2D eigenvalue weighted by Gasteiger charge is 2.10. The molecule has 2 aromatic rings. The van der Waals surface area contributed by atoms with Gasteiger partial charge in [0.1, 0.15) is 9.84 Å². The molecule has 0 saturated heterocycles. The van der Waals surface area contributed by atoms with Crippen molar-refractivity contribution in [3.05, 3.63) is 34.7 Å². The van der Waals surface area contributed by atoms with Crippen molar-refractivity contribution >= 4 is 32.2 Å². The van der Waals surface area contributed by atoms with E-state index in [9.17, 15) is 13.2 Å². The van der Waals surface area contributed by atoms with Crippen LogP contribution in [0.3, 0.4) is 0 Å². The van der Waals surface area contributed by atoms with Crippen LogP contribution in [0.5, 0.6) is 0 Å². The van der Waals surface area contributed by atoms with Crippen LogP contribution in [0.4, 0.5) is 5.13 Å². The minimum absolute atomic E-state index is 0.0200. The van der Waals surface area contributed by atoms with E-state index in [2.05, 4.69) is 30.2 Å². The minimum atomic E-state index is -3.03. The summed E-state index contributed by atoms with van der Waals surface area (Å²) in [6.07, 6.45) is 1.66. The monoisotopic (exact) mass is 352 g/mol. The lowest BCUT2D eigenvalue weighted by Crippen LogP contribution is -2.13. The zero-order valence-electron chi connectivity index (χ0n) is 13.4. The molecule has 0 aliphatic heterocycles. The third-order valence-corrected chi connectivity index (χ3v) is 5.26. The highest BCUT2D eigenvalue weighted by Crippen LogP contribution is 2.26. The van der Waals surface area contributed by atoms with Crippen molar-refractivity contribution in [1.82, 2.24) is 4.98 Å². The Balaban J connectivity index is 1.96. The zero-order chi connectivity index (χ0) is 17.0. The Morgan fingerprint density at radius 2 is 2.00 bits per heavy atom. The molecular formula is C16H20N2O3S2. The highest BCUT2D eigenvalue weighted by molar-refractivity contribution is 7.90. The number of nitrogens with zero attached hydrogens (tertiary/aromatic N) is 1. The maximum Gasteiger partial charge on any atom is 0.226 e. The molecule has 1 aromatic carbocycles. The number of hydrogen-bond acceptors (Lipinski definition) is 5. The third-order valence-electron chi connectivity index (χ3n) is 3.47. The molecule has 0 saturated carbocycles. The molecule has 0 bridgehead atoms. The molecular weight excluding hydrogens is 332 g/mol. The fourth-order valence-corrected chi connectivity index (χ4v) is 3.45. The smallest absolute Gasteiger partial charge is 0.226 e. The van der Waals surface area contributed by atoms with Crippen LogP contribution in [0.15, 0.2) is 23.6 Å². The lowest BCUT2D eigenvalue weighted by molar-refractivity contribution is -0.116. The van der Waals surface area contributed by atoms with Gasteiger partial charge in [-0.05, 0) is 37.5 Å². The van der Waals surface area contributed by atoms with Crippen LogP contribution in [-0.4, -0.2) is 31.3 Å². The van der Waals surface area contributed by atoms with E-state index in [1.54, 1.807) is 0 Å². The molecule has 1 heterocycles. The van der Waals surface area contributed by atoms with Gasteiger partial charge in [0.25, 0.3) is 0 Å². The maximum absolute atomic E-state index is 11.8. The van der Waals surface area contributed by atoms with E-state index < -0.39 is 9.84 Å². The molecule has 23 heavy (non-hydrogen) atoms. The summed E-state index contributed by atoms with van der Waals surface area (Å²) < 4.78 is 22.1. The van der Waals surface area contributed by atoms with E-state index >= 15 is 0 Å². The van der Waals surface area contributed by atoms with Gasteiger partial charge in [-0.2, -0.15) is 0 Å². The average Bonchev–Trinajstić information content (AvgIpc) is 2.88. The van der Waals surface area contributed by atoms with E-state index in [1.165, 1.54) is 28.7 Å². The van der Waals surface area contributed by atoms with Crippen LogP contribution in [0.25, 0.3) is 11.3 Å². The summed E-state index contributed by atoms with van der Waals surface area (Å²) in [7, 11) is -3.03. The van der Waals surface area contributed by atoms with Gasteiger partial charge in [-0.25, -0.2) is 13.4 Å². The maximum atomic E-state index is 11.8. The summed E-state index contributed by atoms with van der Waals surface area (Å²) in [6.45, 7) is 4.11. The molecule has 0 aliphatic carbocycles. The molecule has 0 atom stereocenters. The second-order valence-corrected chi connectivity index (χ2v) is 8.74. The van der Waals surface area contributed by atoms with Crippen LogP contribution in [0.1, 0.15) is 24.0 Å². The molecule has 1 N–H and O–H groups in total. The van der Waals surface area contributed by atoms with Crippen molar-refractivity contribution in [2.45, 2.75) is 26.7 Å². The molecule has 5 nitrogen and oxygen atoms in total. The number of amides is 1. The van der Waals surface area contributed by atoms with Crippen LogP contribution >= 0.6 is 11.3 Å². The summed E-state index contributed by atoms with van der Waals surface area (Å²) in [6, 6.07) is 6.13. The fraction of sp³-hybridized carbons (Fsp3) is 0.375. The van der Waals surface area contributed by atoms with E-state index in [1.807, 2.05) is 17.5 Å². The SMILES string of the molecule is Cc1ccc(-c2csc(NC(=O)CCCS(C)(=O)=O)n2)cc1C. The molecule has 124 valence electrons. The van der Waals surface area contributed by atoms with Gasteiger partial charge < -0.3 is 5.32 Å². The molecule has 0 aliphatic rings. The number of benzene rings is 1. The van der Waals surface area contributed by atoms with Crippen LogP contribution < -0.4 is 5.32 Å². The van der Waals surface area contributed by atoms with Crippen molar-refractivity contribution in [3.63, 3.8) is 0 Å². The number of nitrogens with one attached hydrogen (secondary N) is 1. The van der Waals surface area contributed by atoms with Crippen molar-refractivity contribution in [2.75, 3.05) is 17.3 Å². The number of hydrogen-bond donors (Lipinski definition) is 1. The lowest BCUT2D eigenvalue weighted by atomic mass is 10.1. The Hall–Kier alpha value is -1.73. The topological polar surface area (TPSA) is 76.1 Å². The Kier molecular flexibility index (Phi) is 5.54. The van der Waals surface area contributed by atoms with Gasteiger partial charge in [-0.1, -0.05) is 12.1 Å². The number of anilines is 1. The molecule has 0 fully saturated rings. The van der Waals surface area contributed by atoms with Gasteiger partial charge in [0.05, 0.1) is 11.4 Å². The highest BCUT2D eigenvalue weighted by atomic mass is 32.2. The Bertz CT molecular complexity index is 810. The number of carbonyl (C=O) groups excluding carboxylic acids is 1. The molecule has 0 unspecified atom stereocenters. The first-order chi connectivity index (χ1) is 10.7. The van der Waals surface area contributed by atoms with Gasteiger partial charge in [-0.3, -0.25) is 4.79 Å². The summed E-state index contributed by atoms with van der Waals surface area (Å²) in [5.74, 6) is -0.193. The number of thiazole rings is 1. The van der Waals surface area contributed by atoms with E-state index in [0.29, 0.717) is 11.6 Å². The summed E-state index contributed by atoms with van der Waals surface area (Å²) in [4.78, 5) is 16.2. The minimum Gasteiger partial charge on any atom is -0.302 e. The predicted molar refractivity (Wildman–Crippen MR) is 94.6 cm³/mol. The zero-order valence-corrected chi connectivity index (χ0v) is 15.1. The van der Waals surface area contributed by atoms with Crippen molar-refractivity contribution in [1.29, 1.82) is 0 Å². The number of sulfone groups is 1. The lowest BCUT2D eigenvalue weighted by Gasteiger charge is -2.03. The van der Waals surface area contributed by atoms with Crippen molar-refractivity contribution < 1.29 is 13.2 Å². The number of rotatable bonds is 6. The molecule has 7 heteroatoms. The summed E-state index contributed by atoms with van der Waals surface area (Å²) >= 11 is 1.36. The quantitative estimate of drug-likeness (QED) is 0.866. The summed E-state index contributed by atoms with van der Waals surface area (Å²) in [5.41, 5.74) is 4.26. The first-order valence-corrected chi connectivity index (χ1v) is 10.2. The number of carbonyl (C=O) groups is 1. The molecule has 1 aromatic heterocycles. The van der Waals surface area contributed by atoms with Crippen LogP contribution in [0.2, 0.25) is 0 Å². The first kappa shape index (κ1) is 17.6. The Morgan fingerprint density at radius 3 is 2.65 bits per heavy atom. The van der Waals surface area contributed by atoms with E-state index in [0.717, 1.165) is 11.3 Å². The predicted octanol–water partition coefficient (Wildman–Crippen LogP) is 3.19. The largest absolute Gasteiger partial charge is 0.302 e. The van der Waals surface area contributed by atoms with E-state index in [-0.39, 0.29) is 18.1 Å². The van der Waals surface area contributed by atoms with Gasteiger partial charge in [0.2, 0.25) is 5.91 Å². The normalized spacial score (nSPS) is 11.4. The standard InChI is InChI=1S/C16H20N2O3S2/c1-11-6-7-13(9-12(11)2)14-10-22-16(17-14)18-15(19)5-4-8-23(3,20)21/h6-7,9-10H,4-5,8H2,1-3H3,(H,17,18,19). The third kappa shape index (κ3) is 5.44. The van der Waals surface area contributed by atoms with Gasteiger partial charge >= 0.3 is 0 Å². The molecule has 2 rings (SSSR count). The number of aryl methyl sites for hydroxylation is 2. The van der Waals surface area contributed by atoms with Crippen LogP contribution in [0, 0.1) is 13.8 Å². The summed E-state index contributed by atoms with van der Waals surface area (Å²) in [5, 5.41) is 5.15. The van der Waals surface area contributed by atoms with Gasteiger partial charge in [-0.15, -0.1) is 11.3 Å². The van der Waals surface area contributed by atoms with Crippen molar-refractivity contribution in [2.24, 2.45) is 0 Å². The van der Waals surface area contributed by atoms with Crippen molar-refractivity contribution in [3.8, 4) is 11.3 Å².